The Morgan fingerprint density at radius 1 is 1.11 bits per heavy atom. The molecule has 10 heteroatoms. The van der Waals surface area contributed by atoms with Gasteiger partial charge in [0, 0.05) is 26.2 Å². The van der Waals surface area contributed by atoms with E-state index in [1.807, 2.05) is 0 Å². The molecular formula is C17H18F3N5O2. The number of nitrogens with one attached hydrogen (secondary N) is 2. The second-order valence-electron chi connectivity index (χ2n) is 5.84. The summed E-state index contributed by atoms with van der Waals surface area (Å²) in [4.78, 5) is 22.1. The number of hydrogen-bond acceptors (Lipinski definition) is 6. The van der Waals surface area contributed by atoms with E-state index in [-0.39, 0.29) is 23.1 Å². The number of carbonyl (C=O) groups is 1. The summed E-state index contributed by atoms with van der Waals surface area (Å²) >= 11 is 0. The van der Waals surface area contributed by atoms with Crippen molar-refractivity contribution in [1.29, 1.82) is 0 Å². The maximum Gasteiger partial charge on any atom is 0.271 e. The standard InChI is InChI=1S/C17H18F3N5O2/c18-11-1-2-12(16(20)15(11)19)24-14-10-22-13(9-23-14)17(26)21-3-4-25-5-7-27-8-6-25/h1-2,9-10H,3-8H2,(H,21,26)(H,23,24). The zero-order valence-corrected chi connectivity index (χ0v) is 14.3. The molecule has 2 N–H and O–H groups in total. The Kier molecular flexibility index (Phi) is 6.20. The van der Waals surface area contributed by atoms with Crippen LogP contribution in [0.25, 0.3) is 0 Å². The quantitative estimate of drug-likeness (QED) is 0.742. The van der Waals surface area contributed by atoms with Gasteiger partial charge in [-0.2, -0.15) is 0 Å². The minimum Gasteiger partial charge on any atom is -0.379 e. The van der Waals surface area contributed by atoms with Crippen LogP contribution in [-0.2, 0) is 4.74 Å². The van der Waals surface area contributed by atoms with Crippen molar-refractivity contribution in [2.75, 3.05) is 44.7 Å². The van der Waals surface area contributed by atoms with Gasteiger partial charge in [-0.1, -0.05) is 0 Å². The molecule has 1 aliphatic heterocycles. The van der Waals surface area contributed by atoms with E-state index in [1.54, 1.807) is 0 Å². The number of amides is 1. The molecule has 0 spiro atoms. The smallest absolute Gasteiger partial charge is 0.271 e. The van der Waals surface area contributed by atoms with E-state index in [4.69, 9.17) is 4.74 Å². The Labute approximate surface area is 153 Å². The molecule has 0 atom stereocenters. The van der Waals surface area contributed by atoms with Crippen LogP contribution in [0.3, 0.4) is 0 Å². The van der Waals surface area contributed by atoms with E-state index in [9.17, 15) is 18.0 Å². The zero-order chi connectivity index (χ0) is 19.2. The van der Waals surface area contributed by atoms with Gasteiger partial charge in [-0.3, -0.25) is 9.69 Å². The molecule has 1 aromatic carbocycles. The number of hydrogen-bond donors (Lipinski definition) is 2. The van der Waals surface area contributed by atoms with E-state index in [2.05, 4.69) is 25.5 Å². The van der Waals surface area contributed by atoms with Gasteiger partial charge in [-0.15, -0.1) is 0 Å². The maximum atomic E-state index is 13.6. The second-order valence-corrected chi connectivity index (χ2v) is 5.84. The Morgan fingerprint density at radius 3 is 2.59 bits per heavy atom. The molecule has 0 unspecified atom stereocenters. The van der Waals surface area contributed by atoms with Crippen LogP contribution < -0.4 is 10.6 Å². The van der Waals surface area contributed by atoms with Crippen molar-refractivity contribution in [3.05, 3.63) is 47.7 Å². The van der Waals surface area contributed by atoms with Crippen molar-refractivity contribution in [3.63, 3.8) is 0 Å². The van der Waals surface area contributed by atoms with Gasteiger partial charge in [-0.05, 0) is 12.1 Å². The summed E-state index contributed by atoms with van der Waals surface area (Å²) in [5, 5.41) is 5.23. The fourth-order valence-corrected chi connectivity index (χ4v) is 2.51. The van der Waals surface area contributed by atoms with E-state index in [1.165, 1.54) is 12.4 Å². The van der Waals surface area contributed by atoms with Gasteiger partial charge in [0.2, 0.25) is 0 Å². The first-order valence-corrected chi connectivity index (χ1v) is 8.35. The monoisotopic (exact) mass is 381 g/mol. The Bertz CT molecular complexity index is 798. The van der Waals surface area contributed by atoms with Crippen LogP contribution in [0.5, 0.6) is 0 Å². The number of benzene rings is 1. The van der Waals surface area contributed by atoms with Crippen molar-refractivity contribution in [1.82, 2.24) is 20.2 Å². The number of aromatic nitrogens is 2. The number of ether oxygens (including phenoxy) is 1. The summed E-state index contributed by atoms with van der Waals surface area (Å²) in [6, 6.07) is 1.84. The third-order valence-corrected chi connectivity index (χ3v) is 4.00. The summed E-state index contributed by atoms with van der Waals surface area (Å²) in [5.74, 6) is -4.52. The minimum absolute atomic E-state index is 0.0878. The van der Waals surface area contributed by atoms with Crippen LogP contribution in [0.15, 0.2) is 24.5 Å². The van der Waals surface area contributed by atoms with Gasteiger partial charge in [0.15, 0.2) is 17.5 Å². The SMILES string of the molecule is O=C(NCCN1CCOCC1)c1cnc(Nc2ccc(F)c(F)c2F)cn1. The normalized spacial score (nSPS) is 14.8. The van der Waals surface area contributed by atoms with Crippen LogP contribution in [0.4, 0.5) is 24.7 Å². The third-order valence-electron chi connectivity index (χ3n) is 4.00. The first kappa shape index (κ1) is 19.1. The fraction of sp³-hybridized carbons (Fsp3) is 0.353. The second kappa shape index (κ2) is 8.78. The Hall–Kier alpha value is -2.72. The highest BCUT2D eigenvalue weighted by Crippen LogP contribution is 2.22. The van der Waals surface area contributed by atoms with Crippen molar-refractivity contribution in [2.45, 2.75) is 0 Å². The van der Waals surface area contributed by atoms with Crippen LogP contribution in [0.2, 0.25) is 0 Å². The molecule has 0 bridgehead atoms. The van der Waals surface area contributed by atoms with Gasteiger partial charge in [0.05, 0.1) is 31.3 Å². The van der Waals surface area contributed by atoms with E-state index >= 15 is 0 Å². The highest BCUT2D eigenvalue weighted by molar-refractivity contribution is 5.92. The minimum atomic E-state index is -1.58. The Morgan fingerprint density at radius 2 is 1.89 bits per heavy atom. The fourth-order valence-electron chi connectivity index (χ4n) is 2.51. The number of anilines is 2. The van der Waals surface area contributed by atoms with E-state index in [0.29, 0.717) is 26.3 Å². The topological polar surface area (TPSA) is 79.4 Å². The molecule has 3 rings (SSSR count). The highest BCUT2D eigenvalue weighted by atomic mass is 19.2. The van der Waals surface area contributed by atoms with Crippen LogP contribution >= 0.6 is 0 Å². The highest BCUT2D eigenvalue weighted by Gasteiger charge is 2.15. The van der Waals surface area contributed by atoms with E-state index < -0.39 is 17.5 Å². The van der Waals surface area contributed by atoms with Gasteiger partial charge in [0.1, 0.15) is 11.5 Å². The van der Waals surface area contributed by atoms with Crippen LogP contribution in [0, 0.1) is 17.5 Å². The molecule has 144 valence electrons. The summed E-state index contributed by atoms with van der Waals surface area (Å²) in [5.41, 5.74) is -0.195. The average molecular weight is 381 g/mol. The lowest BCUT2D eigenvalue weighted by molar-refractivity contribution is 0.0383. The molecule has 27 heavy (non-hydrogen) atoms. The summed E-state index contributed by atoms with van der Waals surface area (Å²) < 4.78 is 45.1. The number of morpholine rings is 1. The summed E-state index contributed by atoms with van der Waals surface area (Å²) in [6.45, 7) is 4.20. The molecule has 0 radical (unpaired) electrons. The largest absolute Gasteiger partial charge is 0.379 e. The molecule has 1 fully saturated rings. The molecule has 1 saturated heterocycles. The number of halogens is 3. The number of rotatable bonds is 6. The van der Waals surface area contributed by atoms with E-state index in [0.717, 1.165) is 25.2 Å². The van der Waals surface area contributed by atoms with Crippen molar-refractivity contribution >= 4 is 17.4 Å². The lowest BCUT2D eigenvalue weighted by atomic mass is 10.3. The summed E-state index contributed by atoms with van der Waals surface area (Å²) in [6.07, 6.45) is 2.42. The number of nitrogens with zero attached hydrogens (tertiary/aromatic N) is 3. The van der Waals surface area contributed by atoms with Crippen molar-refractivity contribution < 1.29 is 22.7 Å². The van der Waals surface area contributed by atoms with Gasteiger partial charge < -0.3 is 15.4 Å². The molecule has 2 heterocycles. The zero-order valence-electron chi connectivity index (χ0n) is 14.3. The van der Waals surface area contributed by atoms with Crippen molar-refractivity contribution in [2.24, 2.45) is 0 Å². The summed E-state index contributed by atoms with van der Waals surface area (Å²) in [7, 11) is 0. The molecule has 7 nitrogen and oxygen atoms in total. The lowest BCUT2D eigenvalue weighted by Gasteiger charge is -2.26. The first-order chi connectivity index (χ1) is 13.0. The molecule has 1 aromatic heterocycles. The molecular weight excluding hydrogens is 363 g/mol. The molecule has 1 aliphatic rings. The lowest BCUT2D eigenvalue weighted by Crippen LogP contribution is -2.41. The van der Waals surface area contributed by atoms with Crippen LogP contribution in [0.1, 0.15) is 10.5 Å². The van der Waals surface area contributed by atoms with Crippen molar-refractivity contribution in [3.8, 4) is 0 Å². The molecule has 0 saturated carbocycles. The molecule has 1 amide bonds. The average Bonchev–Trinajstić information content (AvgIpc) is 2.70. The predicted molar refractivity (Wildman–Crippen MR) is 91.2 cm³/mol. The molecule has 0 aliphatic carbocycles. The Balaban J connectivity index is 1.53. The maximum absolute atomic E-state index is 13.6. The third kappa shape index (κ3) is 4.92. The van der Waals surface area contributed by atoms with Crippen LogP contribution in [-0.4, -0.2) is 60.2 Å². The molecule has 2 aromatic rings. The van der Waals surface area contributed by atoms with Gasteiger partial charge in [0.25, 0.3) is 5.91 Å². The van der Waals surface area contributed by atoms with Gasteiger partial charge >= 0.3 is 0 Å². The van der Waals surface area contributed by atoms with Gasteiger partial charge in [-0.25, -0.2) is 23.1 Å². The number of carbonyl (C=O) groups excluding carboxylic acids is 1. The predicted octanol–water partition coefficient (Wildman–Crippen LogP) is 1.70. The first-order valence-electron chi connectivity index (χ1n) is 8.35.